The van der Waals surface area contributed by atoms with E-state index in [4.69, 9.17) is 15.2 Å². The van der Waals surface area contributed by atoms with Crippen LogP contribution in [0, 0.1) is 0 Å². The number of halogens is 1. The van der Waals surface area contributed by atoms with Crippen molar-refractivity contribution in [3.8, 4) is 0 Å². The molecule has 22 heavy (non-hydrogen) atoms. The molecule has 0 heterocycles. The first-order valence-corrected chi connectivity index (χ1v) is 7.44. The standard InChI is InChI=1S/C16H24N2O3.ClH/c1-18(8-5-9-20-15-10-14(17)11-15)16(19)21-12-13-6-3-2-4-7-13;/h2-4,6-7,14-15H,5,8-12,17H2,1H3;1H. The molecule has 0 aromatic heterocycles. The zero-order chi connectivity index (χ0) is 15.1. The van der Waals surface area contributed by atoms with Crippen LogP contribution in [0.4, 0.5) is 4.79 Å². The summed E-state index contributed by atoms with van der Waals surface area (Å²) in [6.07, 6.45) is 2.73. The molecule has 0 bridgehead atoms. The lowest BCUT2D eigenvalue weighted by atomic mass is 9.90. The van der Waals surface area contributed by atoms with Crippen LogP contribution in [0.25, 0.3) is 0 Å². The van der Waals surface area contributed by atoms with Gasteiger partial charge in [0.05, 0.1) is 6.10 Å². The fourth-order valence-corrected chi connectivity index (χ4v) is 2.21. The Hall–Kier alpha value is -1.30. The minimum Gasteiger partial charge on any atom is -0.445 e. The number of benzene rings is 1. The number of nitrogens with zero attached hydrogens (tertiary/aromatic N) is 1. The highest BCUT2D eigenvalue weighted by molar-refractivity contribution is 5.85. The number of hydrogen-bond donors (Lipinski definition) is 1. The van der Waals surface area contributed by atoms with Gasteiger partial charge in [0.2, 0.25) is 0 Å². The Balaban J connectivity index is 0.00000242. The van der Waals surface area contributed by atoms with E-state index in [1.54, 1.807) is 11.9 Å². The van der Waals surface area contributed by atoms with E-state index in [0.29, 0.717) is 31.9 Å². The zero-order valence-corrected chi connectivity index (χ0v) is 13.8. The molecule has 1 aromatic carbocycles. The second-order valence-corrected chi connectivity index (χ2v) is 5.54. The second-order valence-electron chi connectivity index (χ2n) is 5.54. The van der Waals surface area contributed by atoms with Crippen molar-refractivity contribution in [1.82, 2.24) is 4.90 Å². The quantitative estimate of drug-likeness (QED) is 0.781. The van der Waals surface area contributed by atoms with Crippen LogP contribution in [0.15, 0.2) is 30.3 Å². The smallest absolute Gasteiger partial charge is 0.409 e. The van der Waals surface area contributed by atoms with Crippen LogP contribution in [-0.2, 0) is 16.1 Å². The third-order valence-corrected chi connectivity index (χ3v) is 3.64. The molecule has 0 unspecified atom stereocenters. The molecule has 1 aliphatic carbocycles. The maximum absolute atomic E-state index is 11.8. The van der Waals surface area contributed by atoms with Crippen molar-refractivity contribution >= 4 is 18.5 Å². The average Bonchev–Trinajstić information content (AvgIpc) is 2.47. The molecule has 1 amide bonds. The van der Waals surface area contributed by atoms with Crippen molar-refractivity contribution < 1.29 is 14.3 Å². The summed E-state index contributed by atoms with van der Waals surface area (Å²) in [5, 5.41) is 0. The fraction of sp³-hybridized carbons (Fsp3) is 0.562. The maximum atomic E-state index is 11.8. The van der Waals surface area contributed by atoms with Crippen LogP contribution in [0.3, 0.4) is 0 Å². The minimum absolute atomic E-state index is 0. The van der Waals surface area contributed by atoms with Gasteiger partial charge in [0.1, 0.15) is 6.61 Å². The Morgan fingerprint density at radius 1 is 1.32 bits per heavy atom. The zero-order valence-electron chi connectivity index (χ0n) is 12.9. The van der Waals surface area contributed by atoms with E-state index >= 15 is 0 Å². The lowest BCUT2D eigenvalue weighted by Gasteiger charge is -2.32. The summed E-state index contributed by atoms with van der Waals surface area (Å²) in [6.45, 7) is 1.60. The van der Waals surface area contributed by atoms with E-state index in [1.807, 2.05) is 30.3 Å². The number of ether oxygens (including phenoxy) is 2. The maximum Gasteiger partial charge on any atom is 0.409 e. The predicted octanol–water partition coefficient (Wildman–Crippen LogP) is 2.57. The first-order valence-electron chi connectivity index (χ1n) is 7.44. The molecule has 0 saturated heterocycles. The first kappa shape index (κ1) is 18.7. The van der Waals surface area contributed by atoms with Gasteiger partial charge < -0.3 is 20.1 Å². The highest BCUT2D eigenvalue weighted by Gasteiger charge is 2.26. The Morgan fingerprint density at radius 3 is 2.64 bits per heavy atom. The van der Waals surface area contributed by atoms with Crippen LogP contribution in [0.1, 0.15) is 24.8 Å². The molecule has 5 nitrogen and oxygen atoms in total. The highest BCUT2D eigenvalue weighted by atomic mass is 35.5. The average molecular weight is 329 g/mol. The van der Waals surface area contributed by atoms with Gasteiger partial charge in [-0.05, 0) is 24.8 Å². The van der Waals surface area contributed by atoms with Crippen molar-refractivity contribution in [1.29, 1.82) is 0 Å². The first-order chi connectivity index (χ1) is 10.1. The van der Waals surface area contributed by atoms with E-state index in [1.165, 1.54) is 0 Å². The summed E-state index contributed by atoms with van der Waals surface area (Å²) >= 11 is 0. The Labute approximate surface area is 138 Å². The SMILES string of the molecule is CN(CCCOC1CC(N)C1)C(=O)OCc1ccccc1.Cl. The van der Waals surface area contributed by atoms with Gasteiger partial charge in [-0.2, -0.15) is 0 Å². The lowest BCUT2D eigenvalue weighted by molar-refractivity contribution is -0.0112. The van der Waals surface area contributed by atoms with Crippen LogP contribution < -0.4 is 5.73 Å². The van der Waals surface area contributed by atoms with Gasteiger partial charge in [-0.3, -0.25) is 0 Å². The Bertz CT molecular complexity index is 438. The summed E-state index contributed by atoms with van der Waals surface area (Å²) in [5.74, 6) is 0. The van der Waals surface area contributed by atoms with Gasteiger partial charge in [-0.25, -0.2) is 4.79 Å². The van der Waals surface area contributed by atoms with Gasteiger partial charge in [0, 0.05) is 26.2 Å². The van der Waals surface area contributed by atoms with E-state index in [2.05, 4.69) is 0 Å². The molecule has 2 rings (SSSR count). The fourth-order valence-electron chi connectivity index (χ4n) is 2.21. The summed E-state index contributed by atoms with van der Waals surface area (Å²) < 4.78 is 10.9. The number of nitrogens with two attached hydrogens (primary N) is 1. The van der Waals surface area contributed by atoms with Crippen molar-refractivity contribution in [2.75, 3.05) is 20.2 Å². The topological polar surface area (TPSA) is 64.8 Å². The van der Waals surface area contributed by atoms with Gasteiger partial charge >= 0.3 is 6.09 Å². The van der Waals surface area contributed by atoms with E-state index in [0.717, 1.165) is 24.8 Å². The molecule has 6 heteroatoms. The molecule has 1 aliphatic rings. The van der Waals surface area contributed by atoms with Crippen molar-refractivity contribution in [2.24, 2.45) is 5.73 Å². The van der Waals surface area contributed by atoms with Crippen LogP contribution in [0.5, 0.6) is 0 Å². The minimum atomic E-state index is -0.301. The number of amides is 1. The Morgan fingerprint density at radius 2 is 2.00 bits per heavy atom. The molecule has 0 spiro atoms. The molecule has 1 saturated carbocycles. The summed E-state index contributed by atoms with van der Waals surface area (Å²) in [7, 11) is 1.74. The monoisotopic (exact) mass is 328 g/mol. The molecule has 124 valence electrons. The van der Waals surface area contributed by atoms with Crippen LogP contribution in [-0.4, -0.2) is 43.3 Å². The molecule has 0 aliphatic heterocycles. The molecular weight excluding hydrogens is 304 g/mol. The Kier molecular flexibility index (Phi) is 8.24. The molecular formula is C16H25ClN2O3. The third kappa shape index (κ3) is 6.22. The van der Waals surface area contributed by atoms with Gasteiger partial charge in [0.25, 0.3) is 0 Å². The molecule has 1 fully saturated rings. The molecule has 0 radical (unpaired) electrons. The number of hydrogen-bond acceptors (Lipinski definition) is 4. The largest absolute Gasteiger partial charge is 0.445 e. The summed E-state index contributed by atoms with van der Waals surface area (Å²) in [4.78, 5) is 13.4. The lowest BCUT2D eigenvalue weighted by Crippen LogP contribution is -2.42. The van der Waals surface area contributed by atoms with Crippen molar-refractivity contribution in [3.63, 3.8) is 0 Å². The number of carbonyl (C=O) groups excluding carboxylic acids is 1. The second kappa shape index (κ2) is 9.66. The van der Waals surface area contributed by atoms with Crippen molar-refractivity contribution in [2.45, 2.75) is 38.0 Å². The van der Waals surface area contributed by atoms with E-state index < -0.39 is 0 Å². The van der Waals surface area contributed by atoms with E-state index in [9.17, 15) is 4.79 Å². The molecule has 1 aromatic rings. The summed E-state index contributed by atoms with van der Waals surface area (Å²) in [5.41, 5.74) is 6.68. The number of carbonyl (C=O) groups is 1. The summed E-state index contributed by atoms with van der Waals surface area (Å²) in [6, 6.07) is 9.97. The number of rotatable bonds is 7. The normalized spacial score (nSPS) is 19.7. The predicted molar refractivity (Wildman–Crippen MR) is 88.1 cm³/mol. The van der Waals surface area contributed by atoms with Crippen LogP contribution >= 0.6 is 12.4 Å². The van der Waals surface area contributed by atoms with E-state index in [-0.39, 0.29) is 18.5 Å². The van der Waals surface area contributed by atoms with Crippen LogP contribution in [0.2, 0.25) is 0 Å². The van der Waals surface area contributed by atoms with Gasteiger partial charge in [-0.15, -0.1) is 12.4 Å². The molecule has 2 N–H and O–H groups in total. The highest BCUT2D eigenvalue weighted by Crippen LogP contribution is 2.21. The van der Waals surface area contributed by atoms with Gasteiger partial charge in [-0.1, -0.05) is 30.3 Å². The van der Waals surface area contributed by atoms with Crippen molar-refractivity contribution in [3.05, 3.63) is 35.9 Å². The van der Waals surface area contributed by atoms with Gasteiger partial charge in [0.15, 0.2) is 0 Å². The molecule has 0 atom stereocenters. The third-order valence-electron chi connectivity index (χ3n) is 3.64.